The van der Waals surface area contributed by atoms with Gasteiger partial charge in [0.15, 0.2) is 0 Å². The molecular weight excluding hydrogens is 221 g/mol. The molecule has 0 aliphatic rings. The summed E-state index contributed by atoms with van der Waals surface area (Å²) in [7, 11) is 4.00. The Hall–Kier alpha value is -1.13. The lowest BCUT2D eigenvalue weighted by Crippen LogP contribution is -2.15. The van der Waals surface area contributed by atoms with Gasteiger partial charge in [0.25, 0.3) is 0 Å². The average molecular weight is 241 g/mol. The van der Waals surface area contributed by atoms with Gasteiger partial charge in [0.1, 0.15) is 11.6 Å². The van der Waals surface area contributed by atoms with E-state index in [2.05, 4.69) is 4.90 Å². The molecule has 0 aliphatic carbocycles. The molecule has 1 N–H and O–H groups in total. The largest absolute Gasteiger partial charge is 0.493 e. The highest BCUT2D eigenvalue weighted by atomic mass is 19.1. The minimum absolute atomic E-state index is 0.360. The third kappa shape index (κ3) is 4.71. The van der Waals surface area contributed by atoms with Crippen LogP contribution in [0.5, 0.6) is 5.75 Å². The maximum Gasteiger partial charge on any atom is 0.125 e. The highest BCUT2D eigenvalue weighted by Gasteiger charge is 2.10. The zero-order valence-corrected chi connectivity index (χ0v) is 10.6. The molecule has 4 heteroatoms. The Morgan fingerprint density at radius 1 is 1.41 bits per heavy atom. The molecule has 3 nitrogen and oxygen atoms in total. The summed E-state index contributed by atoms with van der Waals surface area (Å²) in [6.45, 7) is 3.09. The maximum atomic E-state index is 13.0. The van der Waals surface area contributed by atoms with Crippen molar-refractivity contribution in [3.63, 3.8) is 0 Å². The first-order chi connectivity index (χ1) is 8.00. The Balaban J connectivity index is 2.58. The van der Waals surface area contributed by atoms with Crippen molar-refractivity contribution in [2.75, 3.05) is 27.2 Å². The van der Waals surface area contributed by atoms with Gasteiger partial charge in [-0.15, -0.1) is 0 Å². The molecule has 0 spiro atoms. The third-order valence-corrected chi connectivity index (χ3v) is 2.43. The van der Waals surface area contributed by atoms with E-state index < -0.39 is 6.10 Å². The average Bonchev–Trinajstić information content (AvgIpc) is 2.25. The van der Waals surface area contributed by atoms with E-state index >= 15 is 0 Å². The van der Waals surface area contributed by atoms with Crippen molar-refractivity contribution in [2.45, 2.75) is 19.4 Å². The Bertz CT molecular complexity index is 353. The van der Waals surface area contributed by atoms with Gasteiger partial charge in [0.05, 0.1) is 12.7 Å². The normalized spacial score (nSPS) is 12.8. The fourth-order valence-corrected chi connectivity index (χ4v) is 1.54. The van der Waals surface area contributed by atoms with Crippen molar-refractivity contribution >= 4 is 0 Å². The van der Waals surface area contributed by atoms with Crippen LogP contribution in [0.3, 0.4) is 0 Å². The lowest BCUT2D eigenvalue weighted by atomic mass is 10.1. The summed E-state index contributed by atoms with van der Waals surface area (Å²) in [5.41, 5.74) is 0.495. The number of benzene rings is 1. The summed E-state index contributed by atoms with van der Waals surface area (Å²) >= 11 is 0. The molecule has 0 heterocycles. The van der Waals surface area contributed by atoms with Crippen LogP contribution < -0.4 is 4.74 Å². The van der Waals surface area contributed by atoms with Crippen molar-refractivity contribution in [1.82, 2.24) is 4.90 Å². The number of hydrogen-bond donors (Lipinski definition) is 1. The van der Waals surface area contributed by atoms with Crippen LogP contribution in [0.1, 0.15) is 25.0 Å². The molecule has 17 heavy (non-hydrogen) atoms. The molecule has 1 aromatic carbocycles. The molecule has 0 fully saturated rings. The van der Waals surface area contributed by atoms with Crippen molar-refractivity contribution in [3.05, 3.63) is 29.6 Å². The van der Waals surface area contributed by atoms with Crippen LogP contribution in [0.4, 0.5) is 4.39 Å². The van der Waals surface area contributed by atoms with Crippen LogP contribution in [-0.4, -0.2) is 37.3 Å². The summed E-state index contributed by atoms with van der Waals surface area (Å²) in [4.78, 5) is 2.07. The predicted octanol–water partition coefficient (Wildman–Crippen LogP) is 2.21. The topological polar surface area (TPSA) is 32.7 Å². The molecule has 96 valence electrons. The number of aliphatic hydroxyl groups excluding tert-OH is 1. The van der Waals surface area contributed by atoms with E-state index in [1.54, 1.807) is 13.0 Å². The highest BCUT2D eigenvalue weighted by molar-refractivity contribution is 5.35. The van der Waals surface area contributed by atoms with Crippen molar-refractivity contribution < 1.29 is 14.2 Å². The molecule has 0 saturated carbocycles. The molecule has 0 unspecified atom stereocenters. The number of hydrogen-bond acceptors (Lipinski definition) is 3. The molecule has 0 aliphatic heterocycles. The van der Waals surface area contributed by atoms with Gasteiger partial charge in [-0.2, -0.15) is 0 Å². The first kappa shape index (κ1) is 13.9. The minimum atomic E-state index is -0.727. The summed E-state index contributed by atoms with van der Waals surface area (Å²) in [5, 5.41) is 9.52. The second-order valence-corrected chi connectivity index (χ2v) is 4.36. The summed E-state index contributed by atoms with van der Waals surface area (Å²) in [5.74, 6) is 0.196. The molecule has 0 aromatic heterocycles. The first-order valence-corrected chi connectivity index (χ1v) is 5.75. The summed E-state index contributed by atoms with van der Waals surface area (Å²) in [6.07, 6.45) is 0.165. The predicted molar refractivity (Wildman–Crippen MR) is 65.7 cm³/mol. The Morgan fingerprint density at radius 3 is 2.71 bits per heavy atom. The first-order valence-electron chi connectivity index (χ1n) is 5.75. The van der Waals surface area contributed by atoms with Gasteiger partial charge in [0.2, 0.25) is 0 Å². The summed E-state index contributed by atoms with van der Waals surface area (Å²) < 4.78 is 18.6. The van der Waals surface area contributed by atoms with Crippen molar-refractivity contribution in [3.8, 4) is 5.75 Å². The number of halogens is 1. The Labute approximate surface area is 102 Å². The van der Waals surface area contributed by atoms with E-state index in [0.29, 0.717) is 17.9 Å². The Kier molecular flexibility index (Phi) is 5.38. The lowest BCUT2D eigenvalue weighted by molar-refractivity contribution is 0.189. The SMILES string of the molecule is C[C@@H](O)c1cc(F)ccc1OCCCN(C)C. The van der Waals surface area contributed by atoms with Gasteiger partial charge in [0, 0.05) is 12.1 Å². The van der Waals surface area contributed by atoms with Crippen LogP contribution in [-0.2, 0) is 0 Å². The van der Waals surface area contributed by atoms with Crippen molar-refractivity contribution in [1.29, 1.82) is 0 Å². The van der Waals surface area contributed by atoms with Gasteiger partial charge in [-0.1, -0.05) is 0 Å². The fourth-order valence-electron chi connectivity index (χ4n) is 1.54. The van der Waals surface area contributed by atoms with Gasteiger partial charge in [-0.3, -0.25) is 0 Å². The van der Waals surface area contributed by atoms with E-state index in [1.165, 1.54) is 12.1 Å². The minimum Gasteiger partial charge on any atom is -0.493 e. The van der Waals surface area contributed by atoms with Gasteiger partial charge in [-0.25, -0.2) is 4.39 Å². The van der Waals surface area contributed by atoms with E-state index in [1.807, 2.05) is 14.1 Å². The zero-order chi connectivity index (χ0) is 12.8. The van der Waals surface area contributed by atoms with Crippen LogP contribution in [0, 0.1) is 5.82 Å². The van der Waals surface area contributed by atoms with E-state index in [4.69, 9.17) is 4.74 Å². The quantitative estimate of drug-likeness (QED) is 0.775. The standard InChI is InChI=1S/C13H20FNO2/c1-10(16)12-9-11(14)5-6-13(12)17-8-4-7-15(2)3/h5-6,9-10,16H,4,7-8H2,1-3H3/t10-/m1/s1. The highest BCUT2D eigenvalue weighted by Crippen LogP contribution is 2.25. The molecule has 1 atom stereocenters. The fraction of sp³-hybridized carbons (Fsp3) is 0.538. The van der Waals surface area contributed by atoms with Crippen LogP contribution in [0.15, 0.2) is 18.2 Å². The van der Waals surface area contributed by atoms with E-state index in [0.717, 1.165) is 13.0 Å². The van der Waals surface area contributed by atoms with Gasteiger partial charge >= 0.3 is 0 Å². The zero-order valence-electron chi connectivity index (χ0n) is 10.6. The summed E-state index contributed by atoms with van der Waals surface area (Å²) in [6, 6.07) is 4.21. The molecular formula is C13H20FNO2. The van der Waals surface area contributed by atoms with Crippen molar-refractivity contribution in [2.24, 2.45) is 0 Å². The second-order valence-electron chi connectivity index (χ2n) is 4.36. The van der Waals surface area contributed by atoms with Gasteiger partial charge in [-0.05, 0) is 45.6 Å². The van der Waals surface area contributed by atoms with Crippen LogP contribution in [0.2, 0.25) is 0 Å². The molecule has 1 aromatic rings. The maximum absolute atomic E-state index is 13.0. The van der Waals surface area contributed by atoms with E-state index in [-0.39, 0.29) is 5.82 Å². The molecule has 0 amide bonds. The lowest BCUT2D eigenvalue weighted by Gasteiger charge is -2.14. The molecule has 0 saturated heterocycles. The Morgan fingerprint density at radius 2 is 2.12 bits per heavy atom. The monoisotopic (exact) mass is 241 g/mol. The number of nitrogens with zero attached hydrogens (tertiary/aromatic N) is 1. The third-order valence-electron chi connectivity index (χ3n) is 2.43. The second kappa shape index (κ2) is 6.57. The number of rotatable bonds is 6. The smallest absolute Gasteiger partial charge is 0.125 e. The molecule has 0 bridgehead atoms. The number of ether oxygens (including phenoxy) is 1. The van der Waals surface area contributed by atoms with Gasteiger partial charge < -0.3 is 14.7 Å². The van der Waals surface area contributed by atoms with Crippen LogP contribution in [0.25, 0.3) is 0 Å². The molecule has 1 rings (SSSR count). The number of aliphatic hydroxyl groups is 1. The molecule has 0 radical (unpaired) electrons. The van der Waals surface area contributed by atoms with E-state index in [9.17, 15) is 9.50 Å². The van der Waals surface area contributed by atoms with Crippen LogP contribution >= 0.6 is 0 Å².